The molecule has 0 aliphatic carbocycles. The molecule has 1 amide bonds. The number of benzene rings is 1. The van der Waals surface area contributed by atoms with Crippen LogP contribution in [-0.4, -0.2) is 38.0 Å². The lowest BCUT2D eigenvalue weighted by Crippen LogP contribution is -2.19. The molecule has 3 N–H and O–H groups in total. The highest BCUT2D eigenvalue weighted by atomic mass is 32.2. The quantitative estimate of drug-likeness (QED) is 0.507. The van der Waals surface area contributed by atoms with Gasteiger partial charge in [-0.2, -0.15) is 0 Å². The molecule has 1 aromatic rings. The highest BCUT2D eigenvalue weighted by Crippen LogP contribution is 2.30. The predicted octanol–water partition coefficient (Wildman–Crippen LogP) is 1.62. The molecule has 126 valence electrons. The zero-order chi connectivity index (χ0) is 17.6. The van der Waals surface area contributed by atoms with Crippen LogP contribution in [0.15, 0.2) is 18.2 Å². The van der Waals surface area contributed by atoms with Gasteiger partial charge in [0.1, 0.15) is 11.8 Å². The lowest BCUT2D eigenvalue weighted by molar-refractivity contribution is -0.384. The number of anilines is 1. The topological polar surface area (TPSA) is 130 Å². The molecule has 0 radical (unpaired) electrons. The Morgan fingerprint density at radius 1 is 1.35 bits per heavy atom. The Morgan fingerprint density at radius 2 is 2.00 bits per heavy atom. The van der Waals surface area contributed by atoms with Crippen LogP contribution in [0.2, 0.25) is 0 Å². The lowest BCUT2D eigenvalue weighted by Gasteiger charge is -2.18. The lowest BCUT2D eigenvalue weighted by atomic mass is 10.0. The molecule has 0 aromatic heterocycles. The predicted molar refractivity (Wildman–Crippen MR) is 86.1 cm³/mol. The van der Waals surface area contributed by atoms with Crippen LogP contribution >= 0.6 is 11.8 Å². The third-order valence-electron chi connectivity index (χ3n) is 2.95. The number of hydrogen-bond acceptors (Lipinski definition) is 7. The van der Waals surface area contributed by atoms with Crippen LogP contribution in [-0.2, 0) is 9.59 Å². The first-order valence-corrected chi connectivity index (χ1v) is 7.76. The molecule has 9 heteroatoms. The average Bonchev–Trinajstić information content (AvgIpc) is 2.45. The van der Waals surface area contributed by atoms with Gasteiger partial charge in [0.2, 0.25) is 5.91 Å². The number of aliphatic hydroxyl groups is 2. The second kappa shape index (κ2) is 8.61. The van der Waals surface area contributed by atoms with Crippen LogP contribution in [0.3, 0.4) is 0 Å². The Kier molecular flexibility index (Phi) is 7.14. The van der Waals surface area contributed by atoms with Gasteiger partial charge in [-0.1, -0.05) is 17.8 Å². The first-order valence-electron chi connectivity index (χ1n) is 6.77. The maximum absolute atomic E-state index is 11.1. The number of rotatable bonds is 7. The van der Waals surface area contributed by atoms with E-state index < -0.39 is 23.0 Å². The second-order valence-electron chi connectivity index (χ2n) is 4.86. The molecule has 1 rings (SSSR count). The van der Waals surface area contributed by atoms with Crippen molar-refractivity contribution < 1.29 is 24.7 Å². The van der Waals surface area contributed by atoms with Crippen molar-refractivity contribution in [2.75, 3.05) is 11.1 Å². The second-order valence-corrected chi connectivity index (χ2v) is 6.13. The van der Waals surface area contributed by atoms with E-state index in [0.29, 0.717) is 5.75 Å². The molecule has 2 atom stereocenters. The molecule has 0 aliphatic heterocycles. The van der Waals surface area contributed by atoms with Crippen molar-refractivity contribution in [2.45, 2.75) is 32.5 Å². The van der Waals surface area contributed by atoms with Gasteiger partial charge in [0.15, 0.2) is 5.12 Å². The van der Waals surface area contributed by atoms with E-state index in [2.05, 4.69) is 5.32 Å². The molecular formula is C14H18N2O6S. The van der Waals surface area contributed by atoms with Gasteiger partial charge in [-0.25, -0.2) is 0 Å². The van der Waals surface area contributed by atoms with Gasteiger partial charge in [0.05, 0.1) is 11.0 Å². The van der Waals surface area contributed by atoms with Gasteiger partial charge in [-0.15, -0.1) is 0 Å². The van der Waals surface area contributed by atoms with E-state index in [4.69, 9.17) is 0 Å². The highest BCUT2D eigenvalue weighted by Gasteiger charge is 2.23. The molecular weight excluding hydrogens is 324 g/mol. The van der Waals surface area contributed by atoms with Crippen LogP contribution in [0.5, 0.6) is 0 Å². The third kappa shape index (κ3) is 5.97. The first kappa shape index (κ1) is 19.1. The Morgan fingerprint density at radius 3 is 2.52 bits per heavy atom. The summed E-state index contributed by atoms with van der Waals surface area (Å²) in [6.45, 7) is 2.63. The molecule has 0 bridgehead atoms. The number of nitro groups is 1. The monoisotopic (exact) mass is 342 g/mol. The minimum absolute atomic E-state index is 0.0140. The van der Waals surface area contributed by atoms with Crippen LogP contribution in [0, 0.1) is 10.1 Å². The van der Waals surface area contributed by atoms with Crippen LogP contribution in [0.25, 0.3) is 0 Å². The Balaban J connectivity index is 2.90. The van der Waals surface area contributed by atoms with Crippen molar-refractivity contribution in [3.8, 4) is 0 Å². The highest BCUT2D eigenvalue weighted by molar-refractivity contribution is 8.13. The molecule has 0 spiro atoms. The minimum atomic E-state index is -1.33. The molecule has 0 saturated carbocycles. The van der Waals surface area contributed by atoms with Gasteiger partial charge in [0.25, 0.3) is 5.69 Å². The summed E-state index contributed by atoms with van der Waals surface area (Å²) < 4.78 is 0. The number of nitrogens with one attached hydrogen (secondary N) is 1. The van der Waals surface area contributed by atoms with Gasteiger partial charge in [0, 0.05) is 25.7 Å². The number of carbonyl (C=O) groups excluding carboxylic acids is 2. The van der Waals surface area contributed by atoms with Crippen molar-refractivity contribution in [3.63, 3.8) is 0 Å². The van der Waals surface area contributed by atoms with Gasteiger partial charge in [-0.3, -0.25) is 19.7 Å². The zero-order valence-electron chi connectivity index (χ0n) is 12.7. The number of amides is 1. The number of aliphatic hydroxyl groups excluding tert-OH is 2. The van der Waals surface area contributed by atoms with Crippen molar-refractivity contribution in [2.24, 2.45) is 0 Å². The molecule has 2 unspecified atom stereocenters. The van der Waals surface area contributed by atoms with Crippen LogP contribution < -0.4 is 5.32 Å². The first-order chi connectivity index (χ1) is 10.7. The summed E-state index contributed by atoms with van der Waals surface area (Å²) in [6, 6.07) is 3.80. The van der Waals surface area contributed by atoms with Crippen molar-refractivity contribution in [1.82, 2.24) is 0 Å². The van der Waals surface area contributed by atoms with Crippen LogP contribution in [0.4, 0.5) is 11.4 Å². The largest absolute Gasteiger partial charge is 0.390 e. The van der Waals surface area contributed by atoms with Crippen molar-refractivity contribution in [3.05, 3.63) is 33.9 Å². The van der Waals surface area contributed by atoms with Crippen molar-refractivity contribution in [1.29, 1.82) is 0 Å². The molecule has 0 aliphatic rings. The van der Waals surface area contributed by atoms with E-state index in [1.165, 1.54) is 26.0 Å². The average molecular weight is 342 g/mol. The molecule has 0 heterocycles. The van der Waals surface area contributed by atoms with E-state index in [-0.39, 0.29) is 28.5 Å². The van der Waals surface area contributed by atoms with Gasteiger partial charge < -0.3 is 15.5 Å². The van der Waals surface area contributed by atoms with Gasteiger partial charge in [-0.05, 0) is 18.1 Å². The van der Waals surface area contributed by atoms with E-state index >= 15 is 0 Å². The summed E-state index contributed by atoms with van der Waals surface area (Å²) in [5.41, 5.74) is -0.201. The molecule has 8 nitrogen and oxygen atoms in total. The summed E-state index contributed by atoms with van der Waals surface area (Å²) in [4.78, 5) is 32.2. The number of nitro benzene ring substituents is 1. The summed E-state index contributed by atoms with van der Waals surface area (Å²) in [7, 11) is 0. The summed E-state index contributed by atoms with van der Waals surface area (Å²) in [5.74, 6) is -0.123. The van der Waals surface area contributed by atoms with Crippen molar-refractivity contribution >= 4 is 34.2 Å². The zero-order valence-corrected chi connectivity index (χ0v) is 13.5. The maximum Gasteiger partial charge on any atom is 0.293 e. The van der Waals surface area contributed by atoms with E-state index in [0.717, 1.165) is 17.8 Å². The summed E-state index contributed by atoms with van der Waals surface area (Å²) >= 11 is 1.02. The third-order valence-corrected chi connectivity index (χ3v) is 3.80. The fourth-order valence-corrected chi connectivity index (χ4v) is 2.53. The molecule has 1 aromatic carbocycles. The fraction of sp³-hybridized carbons (Fsp3) is 0.429. The fourth-order valence-electron chi connectivity index (χ4n) is 1.88. The maximum atomic E-state index is 11.1. The van der Waals surface area contributed by atoms with Crippen LogP contribution in [0.1, 0.15) is 31.9 Å². The number of hydrogen-bond donors (Lipinski definition) is 3. The Bertz CT molecular complexity index is 607. The number of nitrogens with zero attached hydrogens (tertiary/aromatic N) is 1. The van der Waals surface area contributed by atoms with Gasteiger partial charge >= 0.3 is 0 Å². The summed E-state index contributed by atoms with van der Waals surface area (Å²) in [5, 5.41) is 33.3. The van der Waals surface area contributed by atoms with E-state index in [1.54, 1.807) is 0 Å². The van der Waals surface area contributed by atoms with E-state index in [9.17, 15) is 29.9 Å². The Hall–Kier alpha value is -1.97. The van der Waals surface area contributed by atoms with E-state index in [1.807, 2.05) is 0 Å². The standard InChI is InChI=1S/C14H18N2O6S/c1-8(17)15-11-4-3-10(7-12(11)16(21)22)14(20)13(19)5-6-23-9(2)18/h3-4,7,13-14,19-20H,5-6H2,1-2H3,(H,15,17). The number of thioether (sulfide) groups is 1. The minimum Gasteiger partial charge on any atom is -0.390 e. The SMILES string of the molecule is CC(=O)Nc1ccc(C(O)C(O)CCSC(C)=O)cc1[N+](=O)[O-]. The smallest absolute Gasteiger partial charge is 0.293 e. The normalized spacial score (nSPS) is 13.2. The molecule has 23 heavy (non-hydrogen) atoms. The molecule has 0 saturated heterocycles. The number of carbonyl (C=O) groups is 2. The Labute approximate surface area is 137 Å². The molecule has 0 fully saturated rings. The summed E-state index contributed by atoms with van der Waals surface area (Å²) in [6.07, 6.45) is -2.33.